The molecular weight excluding hydrogens is 338 g/mol. The molecule has 0 fully saturated rings. The summed E-state index contributed by atoms with van der Waals surface area (Å²) in [7, 11) is 0. The molecule has 27 heavy (non-hydrogen) atoms. The SMILES string of the molecule is CC(=O)N1CCC(C)(C)c2cc(/C(C)=C/c3ccc(C(=O)O)cc3)ccc21. The maximum atomic E-state index is 12.0. The van der Waals surface area contributed by atoms with Gasteiger partial charge in [-0.15, -0.1) is 0 Å². The Kier molecular flexibility index (Phi) is 4.92. The second-order valence-corrected chi connectivity index (χ2v) is 7.79. The fraction of sp³-hybridized carbons (Fsp3) is 0.304. The summed E-state index contributed by atoms with van der Waals surface area (Å²) in [4.78, 5) is 24.8. The number of hydrogen-bond acceptors (Lipinski definition) is 2. The van der Waals surface area contributed by atoms with Crippen LogP contribution in [0.25, 0.3) is 11.6 Å². The molecule has 0 atom stereocenters. The predicted molar refractivity (Wildman–Crippen MR) is 109 cm³/mol. The van der Waals surface area contributed by atoms with Crippen LogP contribution >= 0.6 is 0 Å². The zero-order valence-electron chi connectivity index (χ0n) is 16.2. The molecule has 3 rings (SSSR count). The van der Waals surface area contributed by atoms with Crippen molar-refractivity contribution in [2.75, 3.05) is 11.4 Å². The Bertz CT molecular complexity index is 923. The first-order valence-corrected chi connectivity index (χ1v) is 9.14. The van der Waals surface area contributed by atoms with E-state index in [1.807, 2.05) is 42.2 Å². The van der Waals surface area contributed by atoms with Crippen LogP contribution in [0.4, 0.5) is 5.69 Å². The lowest BCUT2D eigenvalue weighted by atomic mass is 9.76. The minimum atomic E-state index is -0.922. The molecule has 0 saturated heterocycles. The zero-order chi connectivity index (χ0) is 19.8. The first-order valence-electron chi connectivity index (χ1n) is 9.14. The number of allylic oxidation sites excluding steroid dienone is 1. The van der Waals surface area contributed by atoms with E-state index in [-0.39, 0.29) is 16.9 Å². The normalized spacial score (nSPS) is 16.0. The van der Waals surface area contributed by atoms with Gasteiger partial charge in [-0.3, -0.25) is 4.79 Å². The van der Waals surface area contributed by atoms with Crippen molar-refractivity contribution in [1.82, 2.24) is 0 Å². The summed E-state index contributed by atoms with van der Waals surface area (Å²) in [6.45, 7) is 8.85. The summed E-state index contributed by atoms with van der Waals surface area (Å²) in [6.07, 6.45) is 2.98. The third kappa shape index (κ3) is 3.80. The molecule has 1 amide bonds. The number of carbonyl (C=O) groups is 2. The third-order valence-electron chi connectivity index (χ3n) is 5.35. The summed E-state index contributed by atoms with van der Waals surface area (Å²) in [5.74, 6) is -0.848. The molecule has 1 heterocycles. The summed E-state index contributed by atoms with van der Waals surface area (Å²) >= 11 is 0. The lowest BCUT2D eigenvalue weighted by Crippen LogP contribution is -2.39. The number of carboxylic acids is 1. The van der Waals surface area contributed by atoms with Crippen molar-refractivity contribution >= 4 is 29.2 Å². The lowest BCUT2D eigenvalue weighted by molar-refractivity contribution is -0.116. The molecule has 0 aliphatic carbocycles. The third-order valence-corrected chi connectivity index (χ3v) is 5.35. The van der Waals surface area contributed by atoms with Crippen LogP contribution < -0.4 is 4.90 Å². The predicted octanol–water partition coefficient (Wildman–Crippen LogP) is 4.98. The van der Waals surface area contributed by atoms with Gasteiger partial charge in [-0.05, 0) is 65.3 Å². The van der Waals surface area contributed by atoms with Crippen molar-refractivity contribution in [2.45, 2.75) is 39.5 Å². The Hall–Kier alpha value is -2.88. The molecule has 0 unspecified atom stereocenters. The number of amides is 1. The fourth-order valence-electron chi connectivity index (χ4n) is 3.59. The Morgan fingerprint density at radius 2 is 1.67 bits per heavy atom. The highest BCUT2D eigenvalue weighted by Crippen LogP contribution is 2.41. The minimum absolute atomic E-state index is 0.0146. The van der Waals surface area contributed by atoms with Crippen molar-refractivity contribution in [3.05, 3.63) is 64.7 Å². The number of hydrogen-bond donors (Lipinski definition) is 1. The van der Waals surface area contributed by atoms with Gasteiger partial charge in [0.05, 0.1) is 5.56 Å². The molecule has 2 aromatic carbocycles. The van der Waals surface area contributed by atoms with Crippen LogP contribution in [-0.2, 0) is 10.2 Å². The molecular formula is C23H25NO3. The van der Waals surface area contributed by atoms with Crippen LogP contribution in [0.5, 0.6) is 0 Å². The molecule has 0 spiro atoms. The molecule has 0 saturated carbocycles. The van der Waals surface area contributed by atoms with E-state index in [0.717, 1.165) is 35.4 Å². The van der Waals surface area contributed by atoms with Gasteiger partial charge in [0.15, 0.2) is 0 Å². The van der Waals surface area contributed by atoms with E-state index in [9.17, 15) is 9.59 Å². The van der Waals surface area contributed by atoms with Gasteiger partial charge in [0.1, 0.15) is 0 Å². The summed E-state index contributed by atoms with van der Waals surface area (Å²) in [6, 6.07) is 13.1. The average molecular weight is 363 g/mol. The van der Waals surface area contributed by atoms with Crippen LogP contribution in [0.3, 0.4) is 0 Å². The van der Waals surface area contributed by atoms with E-state index in [0.29, 0.717) is 0 Å². The largest absolute Gasteiger partial charge is 0.478 e. The second kappa shape index (κ2) is 7.03. The quantitative estimate of drug-likeness (QED) is 0.783. The highest BCUT2D eigenvalue weighted by Gasteiger charge is 2.32. The van der Waals surface area contributed by atoms with Gasteiger partial charge in [-0.2, -0.15) is 0 Å². The van der Waals surface area contributed by atoms with Gasteiger partial charge in [0, 0.05) is 19.2 Å². The van der Waals surface area contributed by atoms with Crippen LogP contribution in [0.15, 0.2) is 42.5 Å². The standard InChI is InChI=1S/C23H25NO3/c1-15(13-17-5-7-18(8-6-17)22(26)27)19-9-10-21-20(14-19)23(3,4)11-12-24(21)16(2)25/h5-10,13-14H,11-12H2,1-4H3,(H,26,27)/b15-13+. The number of fused-ring (bicyclic) bond motifs is 1. The number of rotatable bonds is 3. The zero-order valence-corrected chi connectivity index (χ0v) is 16.2. The topological polar surface area (TPSA) is 57.6 Å². The Morgan fingerprint density at radius 1 is 1.04 bits per heavy atom. The molecule has 0 bridgehead atoms. The van der Waals surface area contributed by atoms with Gasteiger partial charge >= 0.3 is 5.97 Å². The number of nitrogens with zero attached hydrogens (tertiary/aromatic N) is 1. The van der Waals surface area contributed by atoms with Gasteiger partial charge < -0.3 is 10.0 Å². The van der Waals surface area contributed by atoms with E-state index in [1.54, 1.807) is 19.1 Å². The number of carbonyl (C=O) groups excluding carboxylic acids is 1. The molecule has 2 aromatic rings. The minimum Gasteiger partial charge on any atom is -0.478 e. The Morgan fingerprint density at radius 3 is 2.26 bits per heavy atom. The number of carboxylic acid groups (broad SMARTS) is 1. The summed E-state index contributed by atoms with van der Waals surface area (Å²) < 4.78 is 0. The smallest absolute Gasteiger partial charge is 0.335 e. The van der Waals surface area contributed by atoms with Crippen LogP contribution in [0.1, 0.15) is 61.2 Å². The molecule has 1 aliphatic heterocycles. The first-order chi connectivity index (χ1) is 12.7. The molecule has 4 nitrogen and oxygen atoms in total. The number of anilines is 1. The van der Waals surface area contributed by atoms with E-state index >= 15 is 0 Å². The first kappa shape index (κ1) is 18.9. The number of benzene rings is 2. The summed E-state index contributed by atoms with van der Waals surface area (Å²) in [5, 5.41) is 9.01. The van der Waals surface area contributed by atoms with E-state index < -0.39 is 5.97 Å². The highest BCUT2D eigenvalue weighted by atomic mass is 16.4. The van der Waals surface area contributed by atoms with Gasteiger partial charge in [-0.25, -0.2) is 4.79 Å². The lowest BCUT2D eigenvalue weighted by Gasteiger charge is -2.39. The molecule has 1 aliphatic rings. The maximum absolute atomic E-state index is 12.0. The average Bonchev–Trinajstić information content (AvgIpc) is 2.61. The van der Waals surface area contributed by atoms with Crippen LogP contribution in [-0.4, -0.2) is 23.5 Å². The summed E-state index contributed by atoms with van der Waals surface area (Å²) in [5.41, 5.74) is 5.65. The number of aromatic carboxylic acids is 1. The van der Waals surface area contributed by atoms with Crippen molar-refractivity contribution in [1.29, 1.82) is 0 Å². The van der Waals surface area contributed by atoms with Crippen molar-refractivity contribution in [2.24, 2.45) is 0 Å². The van der Waals surface area contributed by atoms with Gasteiger partial charge in [0.2, 0.25) is 5.91 Å². The fourth-order valence-corrected chi connectivity index (χ4v) is 3.59. The van der Waals surface area contributed by atoms with E-state index in [2.05, 4.69) is 19.9 Å². The molecule has 0 aromatic heterocycles. The van der Waals surface area contributed by atoms with Crippen LogP contribution in [0, 0.1) is 0 Å². The molecule has 4 heteroatoms. The Labute approximate surface area is 160 Å². The van der Waals surface area contributed by atoms with Crippen molar-refractivity contribution in [3.8, 4) is 0 Å². The van der Waals surface area contributed by atoms with Crippen LogP contribution in [0.2, 0.25) is 0 Å². The maximum Gasteiger partial charge on any atom is 0.335 e. The molecule has 1 N–H and O–H groups in total. The Balaban J connectivity index is 1.97. The monoisotopic (exact) mass is 363 g/mol. The van der Waals surface area contributed by atoms with E-state index in [4.69, 9.17) is 5.11 Å². The van der Waals surface area contributed by atoms with E-state index in [1.165, 1.54) is 5.56 Å². The van der Waals surface area contributed by atoms with Gasteiger partial charge in [0.25, 0.3) is 0 Å². The molecule has 140 valence electrons. The van der Waals surface area contributed by atoms with Crippen molar-refractivity contribution in [3.63, 3.8) is 0 Å². The molecule has 0 radical (unpaired) electrons. The van der Waals surface area contributed by atoms with Gasteiger partial charge in [-0.1, -0.05) is 38.1 Å². The highest BCUT2D eigenvalue weighted by molar-refractivity contribution is 5.94. The van der Waals surface area contributed by atoms with Crippen molar-refractivity contribution < 1.29 is 14.7 Å². The second-order valence-electron chi connectivity index (χ2n) is 7.79.